The molecule has 0 aliphatic heterocycles. The molecular weight excluding hydrogens is 254 g/mol. The van der Waals surface area contributed by atoms with Crippen molar-refractivity contribution in [2.24, 2.45) is 5.92 Å². The lowest BCUT2D eigenvalue weighted by molar-refractivity contribution is -0.0403. The van der Waals surface area contributed by atoms with Crippen molar-refractivity contribution in [2.75, 3.05) is 13.2 Å². The Hall–Kier alpha value is -0.940. The second-order valence-corrected chi connectivity index (χ2v) is 5.64. The first-order valence-corrected chi connectivity index (χ1v) is 7.67. The summed E-state index contributed by atoms with van der Waals surface area (Å²) in [7, 11) is 0. The molecule has 0 saturated carbocycles. The topological polar surface area (TPSA) is 60.2 Å². The molecule has 20 heavy (non-hydrogen) atoms. The monoisotopic (exact) mass is 283 g/mol. The molecule has 116 valence electrons. The highest BCUT2D eigenvalue weighted by molar-refractivity contribution is 5.00. The fourth-order valence-electron chi connectivity index (χ4n) is 2.19. The minimum Gasteiger partial charge on any atom is -0.367 e. The Morgan fingerprint density at radius 1 is 1.30 bits per heavy atom. The number of hydrogen-bond donors (Lipinski definition) is 1. The normalized spacial score (nSPS) is 16.4. The fourth-order valence-corrected chi connectivity index (χ4v) is 2.19. The molecule has 5 nitrogen and oxygen atoms in total. The number of likely N-dealkylation sites (N-methyl/N-ethyl adjacent to an activating group) is 1. The predicted octanol–water partition coefficient (Wildman–Crippen LogP) is 2.91. The van der Waals surface area contributed by atoms with Gasteiger partial charge in [0.15, 0.2) is 0 Å². The van der Waals surface area contributed by atoms with Gasteiger partial charge in [0.2, 0.25) is 11.7 Å². The van der Waals surface area contributed by atoms with Gasteiger partial charge >= 0.3 is 0 Å². The lowest BCUT2D eigenvalue weighted by Crippen LogP contribution is -2.35. The van der Waals surface area contributed by atoms with E-state index in [9.17, 15) is 0 Å². The van der Waals surface area contributed by atoms with Gasteiger partial charge in [-0.3, -0.25) is 0 Å². The van der Waals surface area contributed by atoms with Gasteiger partial charge in [-0.2, -0.15) is 4.98 Å². The van der Waals surface area contributed by atoms with Crippen LogP contribution in [0.4, 0.5) is 0 Å². The predicted molar refractivity (Wildman–Crippen MR) is 79.6 cm³/mol. The van der Waals surface area contributed by atoms with E-state index in [0.717, 1.165) is 19.4 Å². The quantitative estimate of drug-likeness (QED) is 0.755. The summed E-state index contributed by atoms with van der Waals surface area (Å²) in [6.45, 7) is 14.1. The van der Waals surface area contributed by atoms with Crippen molar-refractivity contribution in [3.8, 4) is 0 Å². The van der Waals surface area contributed by atoms with Crippen LogP contribution in [0.25, 0.3) is 0 Å². The van der Waals surface area contributed by atoms with Crippen LogP contribution < -0.4 is 5.32 Å². The molecule has 0 radical (unpaired) electrons. The van der Waals surface area contributed by atoms with E-state index in [-0.39, 0.29) is 0 Å². The molecule has 0 aromatic carbocycles. The minimum absolute atomic E-state index is 0.355. The molecule has 1 rings (SSSR count). The van der Waals surface area contributed by atoms with Gasteiger partial charge in [-0.25, -0.2) is 0 Å². The third-order valence-corrected chi connectivity index (χ3v) is 3.74. The van der Waals surface area contributed by atoms with Gasteiger partial charge in [0, 0.05) is 19.1 Å². The fraction of sp³-hybridized carbons (Fsp3) is 0.867. The van der Waals surface area contributed by atoms with Crippen molar-refractivity contribution in [3.63, 3.8) is 0 Å². The summed E-state index contributed by atoms with van der Waals surface area (Å²) in [4.78, 5) is 4.53. The summed E-state index contributed by atoms with van der Waals surface area (Å²) >= 11 is 0. The first-order valence-electron chi connectivity index (χ1n) is 7.67. The number of nitrogens with zero attached hydrogens (tertiary/aromatic N) is 2. The van der Waals surface area contributed by atoms with E-state index in [0.29, 0.717) is 30.3 Å². The zero-order chi connectivity index (χ0) is 15.2. The number of rotatable bonds is 9. The SMILES string of the molecule is CCNC(Cc1nc(C(C)(CC)OCC)no1)C(C)C. The van der Waals surface area contributed by atoms with Crippen LogP contribution in [-0.4, -0.2) is 29.3 Å². The van der Waals surface area contributed by atoms with E-state index < -0.39 is 5.60 Å². The van der Waals surface area contributed by atoms with Gasteiger partial charge in [-0.1, -0.05) is 32.9 Å². The molecule has 0 fully saturated rings. The second kappa shape index (κ2) is 7.74. The van der Waals surface area contributed by atoms with Crippen LogP contribution in [0.5, 0.6) is 0 Å². The molecule has 1 aromatic heterocycles. The summed E-state index contributed by atoms with van der Waals surface area (Å²) in [5.41, 5.74) is -0.456. The molecule has 5 heteroatoms. The Bertz CT molecular complexity index is 392. The van der Waals surface area contributed by atoms with Crippen molar-refractivity contribution >= 4 is 0 Å². The third-order valence-electron chi connectivity index (χ3n) is 3.74. The summed E-state index contributed by atoms with van der Waals surface area (Å²) in [5.74, 6) is 1.85. The Morgan fingerprint density at radius 3 is 2.50 bits per heavy atom. The zero-order valence-electron chi connectivity index (χ0n) is 13.7. The summed E-state index contributed by atoms with van der Waals surface area (Å²) < 4.78 is 11.2. The number of hydrogen-bond acceptors (Lipinski definition) is 5. The largest absolute Gasteiger partial charge is 0.367 e. The zero-order valence-corrected chi connectivity index (χ0v) is 13.7. The molecule has 1 N–H and O–H groups in total. The van der Waals surface area contributed by atoms with Gasteiger partial charge in [0.25, 0.3) is 0 Å². The molecule has 0 amide bonds. The van der Waals surface area contributed by atoms with Gasteiger partial charge in [0.05, 0.1) is 0 Å². The molecule has 1 heterocycles. The number of ether oxygens (including phenoxy) is 1. The first kappa shape index (κ1) is 17.1. The molecule has 1 aromatic rings. The third kappa shape index (κ3) is 4.28. The van der Waals surface area contributed by atoms with Gasteiger partial charge < -0.3 is 14.6 Å². The number of nitrogens with one attached hydrogen (secondary N) is 1. The second-order valence-electron chi connectivity index (χ2n) is 5.64. The van der Waals surface area contributed by atoms with E-state index in [2.05, 4.69) is 43.2 Å². The molecule has 0 aliphatic rings. The Labute approximate surface area is 122 Å². The number of aromatic nitrogens is 2. The van der Waals surface area contributed by atoms with Crippen LogP contribution in [0.2, 0.25) is 0 Å². The molecule has 2 unspecified atom stereocenters. The van der Waals surface area contributed by atoms with Crippen molar-refractivity contribution in [1.29, 1.82) is 0 Å². The molecular formula is C15H29N3O2. The van der Waals surface area contributed by atoms with E-state index in [1.165, 1.54) is 0 Å². The Morgan fingerprint density at radius 2 is 2.00 bits per heavy atom. The lowest BCUT2D eigenvalue weighted by atomic mass is 10.0. The highest BCUT2D eigenvalue weighted by atomic mass is 16.5. The smallest absolute Gasteiger partial charge is 0.228 e. The van der Waals surface area contributed by atoms with Gasteiger partial charge in [0.1, 0.15) is 5.60 Å². The average Bonchev–Trinajstić information content (AvgIpc) is 2.87. The van der Waals surface area contributed by atoms with Crippen LogP contribution in [0.3, 0.4) is 0 Å². The van der Waals surface area contributed by atoms with Crippen molar-refractivity contribution < 1.29 is 9.26 Å². The van der Waals surface area contributed by atoms with Crippen molar-refractivity contribution in [1.82, 2.24) is 15.5 Å². The van der Waals surface area contributed by atoms with E-state index in [4.69, 9.17) is 9.26 Å². The van der Waals surface area contributed by atoms with Crippen LogP contribution in [0.1, 0.15) is 59.7 Å². The standard InChI is InChI=1S/C15H29N3O2/c1-7-15(6,19-9-3)14-17-13(20-18-14)10-12(11(4)5)16-8-2/h11-12,16H,7-10H2,1-6H3. The first-order chi connectivity index (χ1) is 9.46. The average molecular weight is 283 g/mol. The summed E-state index contributed by atoms with van der Waals surface area (Å²) in [5, 5.41) is 7.57. The van der Waals surface area contributed by atoms with Crippen molar-refractivity contribution in [3.05, 3.63) is 11.7 Å². The van der Waals surface area contributed by atoms with Crippen molar-refractivity contribution in [2.45, 2.75) is 66.0 Å². The van der Waals surface area contributed by atoms with Crippen LogP contribution in [-0.2, 0) is 16.8 Å². The summed E-state index contributed by atoms with van der Waals surface area (Å²) in [6, 6.07) is 0.355. The molecule has 0 spiro atoms. The minimum atomic E-state index is -0.456. The maximum atomic E-state index is 5.78. The van der Waals surface area contributed by atoms with E-state index in [1.807, 2.05) is 13.8 Å². The van der Waals surface area contributed by atoms with Crippen LogP contribution >= 0.6 is 0 Å². The molecule has 0 aliphatic carbocycles. The maximum absolute atomic E-state index is 5.78. The Balaban J connectivity index is 2.80. The van der Waals surface area contributed by atoms with E-state index in [1.54, 1.807) is 0 Å². The van der Waals surface area contributed by atoms with Crippen LogP contribution in [0.15, 0.2) is 4.52 Å². The molecule has 0 saturated heterocycles. The molecule has 2 atom stereocenters. The highest BCUT2D eigenvalue weighted by Gasteiger charge is 2.31. The lowest BCUT2D eigenvalue weighted by Gasteiger charge is -2.24. The summed E-state index contributed by atoms with van der Waals surface area (Å²) in [6.07, 6.45) is 1.57. The van der Waals surface area contributed by atoms with Gasteiger partial charge in [-0.15, -0.1) is 0 Å². The van der Waals surface area contributed by atoms with Crippen LogP contribution in [0, 0.1) is 5.92 Å². The van der Waals surface area contributed by atoms with E-state index >= 15 is 0 Å². The maximum Gasteiger partial charge on any atom is 0.228 e. The highest BCUT2D eigenvalue weighted by Crippen LogP contribution is 2.26. The molecule has 0 bridgehead atoms. The Kier molecular flexibility index (Phi) is 6.62. The van der Waals surface area contributed by atoms with Gasteiger partial charge in [-0.05, 0) is 32.7 Å².